The van der Waals surface area contributed by atoms with Gasteiger partial charge < -0.3 is 15.1 Å². The van der Waals surface area contributed by atoms with Gasteiger partial charge in [-0.05, 0) is 46.0 Å². The Morgan fingerprint density at radius 3 is 2.67 bits per heavy atom. The first-order valence-electron chi connectivity index (χ1n) is 8.83. The molecule has 0 saturated carbocycles. The molecule has 2 rings (SSSR count). The molecule has 0 amide bonds. The van der Waals surface area contributed by atoms with Crippen LogP contribution in [0.15, 0.2) is 27.8 Å². The van der Waals surface area contributed by atoms with Gasteiger partial charge in [0, 0.05) is 38.8 Å². The number of guanidine groups is 1. The van der Waals surface area contributed by atoms with Gasteiger partial charge in [-0.25, -0.2) is 0 Å². The lowest BCUT2D eigenvalue weighted by atomic mass is 10.1. The van der Waals surface area contributed by atoms with Crippen LogP contribution in [0.4, 0.5) is 0 Å². The van der Waals surface area contributed by atoms with Crippen molar-refractivity contribution < 1.29 is 4.42 Å². The second-order valence-electron chi connectivity index (χ2n) is 7.22. The van der Waals surface area contributed by atoms with Crippen LogP contribution in [0.1, 0.15) is 32.6 Å². The minimum atomic E-state index is 0.173. The number of nitrogens with zero attached hydrogens (tertiary/aromatic N) is 3. The van der Waals surface area contributed by atoms with Crippen molar-refractivity contribution in [3.8, 4) is 0 Å². The van der Waals surface area contributed by atoms with Crippen LogP contribution in [-0.2, 0) is 0 Å². The van der Waals surface area contributed by atoms with Gasteiger partial charge in [-0.15, -0.1) is 0 Å². The van der Waals surface area contributed by atoms with Gasteiger partial charge in [0.1, 0.15) is 5.76 Å². The van der Waals surface area contributed by atoms with Crippen molar-refractivity contribution in [3.63, 3.8) is 0 Å². The summed E-state index contributed by atoms with van der Waals surface area (Å²) in [5.74, 6) is 2.43. The van der Waals surface area contributed by atoms with Crippen molar-refractivity contribution in [2.45, 2.75) is 38.9 Å². The van der Waals surface area contributed by atoms with Gasteiger partial charge in [0.05, 0.1) is 12.3 Å². The Labute approximate surface area is 146 Å². The summed E-state index contributed by atoms with van der Waals surface area (Å²) >= 11 is 0. The van der Waals surface area contributed by atoms with E-state index in [0.717, 1.165) is 31.4 Å². The summed E-state index contributed by atoms with van der Waals surface area (Å²) in [6, 6.07) is 5.14. The van der Waals surface area contributed by atoms with E-state index < -0.39 is 0 Å². The average molecular weight is 335 g/mol. The number of aliphatic imine (C=N–C) groups is 1. The Morgan fingerprint density at radius 1 is 1.42 bits per heavy atom. The molecule has 3 unspecified atom stereocenters. The lowest BCUT2D eigenvalue weighted by Gasteiger charge is -2.25. The number of rotatable bonds is 6. The van der Waals surface area contributed by atoms with Crippen LogP contribution in [0.3, 0.4) is 0 Å². The third-order valence-corrected chi connectivity index (χ3v) is 4.87. The quantitative estimate of drug-likeness (QED) is 0.613. The standard InChI is InChI=1S/C18H33N5O/c1-13(2)23-11-14(3)15(12-23)21-18(19-4)20-10-16(22(5)6)17-8-7-9-24-17/h7-9,13-16H,10-12H2,1-6H3,(H2,19,20,21). The summed E-state index contributed by atoms with van der Waals surface area (Å²) < 4.78 is 5.57. The molecule has 136 valence electrons. The Bertz CT molecular complexity index is 511. The van der Waals surface area contributed by atoms with Gasteiger partial charge >= 0.3 is 0 Å². The summed E-state index contributed by atoms with van der Waals surface area (Å²) in [4.78, 5) is 9.06. The number of likely N-dealkylation sites (N-methyl/N-ethyl adjacent to an activating group) is 1. The zero-order valence-electron chi connectivity index (χ0n) is 15.9. The predicted molar refractivity (Wildman–Crippen MR) is 99.3 cm³/mol. The highest BCUT2D eigenvalue weighted by molar-refractivity contribution is 5.80. The molecular weight excluding hydrogens is 302 g/mol. The molecule has 3 atom stereocenters. The normalized spacial score (nSPS) is 23.9. The fourth-order valence-corrected chi connectivity index (χ4v) is 3.20. The summed E-state index contributed by atoms with van der Waals surface area (Å²) in [7, 11) is 5.95. The molecule has 6 nitrogen and oxygen atoms in total. The van der Waals surface area contributed by atoms with E-state index in [-0.39, 0.29) is 6.04 Å². The van der Waals surface area contributed by atoms with Crippen molar-refractivity contribution in [1.82, 2.24) is 20.4 Å². The molecule has 0 spiro atoms. The van der Waals surface area contributed by atoms with Crippen LogP contribution in [0.25, 0.3) is 0 Å². The molecule has 24 heavy (non-hydrogen) atoms. The lowest BCUT2D eigenvalue weighted by molar-refractivity contribution is 0.257. The molecule has 1 aliphatic heterocycles. The smallest absolute Gasteiger partial charge is 0.191 e. The maximum atomic E-state index is 5.57. The highest BCUT2D eigenvalue weighted by Crippen LogP contribution is 2.19. The third kappa shape index (κ3) is 4.74. The Balaban J connectivity index is 1.90. The fraction of sp³-hybridized carbons (Fsp3) is 0.722. The molecule has 1 fully saturated rings. The highest BCUT2D eigenvalue weighted by atomic mass is 16.3. The third-order valence-electron chi connectivity index (χ3n) is 4.87. The van der Waals surface area contributed by atoms with Gasteiger partial charge in [-0.1, -0.05) is 6.92 Å². The van der Waals surface area contributed by atoms with Gasteiger partial charge in [0.25, 0.3) is 0 Å². The molecule has 1 saturated heterocycles. The van der Waals surface area contributed by atoms with Gasteiger partial charge in [0.15, 0.2) is 5.96 Å². The van der Waals surface area contributed by atoms with Crippen molar-refractivity contribution in [2.75, 3.05) is 40.8 Å². The van der Waals surface area contributed by atoms with E-state index in [9.17, 15) is 0 Å². The van der Waals surface area contributed by atoms with Crippen LogP contribution in [-0.4, -0.2) is 68.6 Å². The maximum Gasteiger partial charge on any atom is 0.191 e. The molecule has 1 aliphatic rings. The van der Waals surface area contributed by atoms with Crippen LogP contribution in [0.2, 0.25) is 0 Å². The van der Waals surface area contributed by atoms with Crippen LogP contribution < -0.4 is 10.6 Å². The summed E-state index contributed by atoms with van der Waals surface area (Å²) in [5, 5.41) is 7.04. The van der Waals surface area contributed by atoms with Crippen LogP contribution in [0, 0.1) is 5.92 Å². The Morgan fingerprint density at radius 2 is 2.17 bits per heavy atom. The first-order chi connectivity index (χ1) is 11.4. The molecular formula is C18H33N5O. The number of hydrogen-bond acceptors (Lipinski definition) is 4. The van der Waals surface area contributed by atoms with Crippen molar-refractivity contribution in [1.29, 1.82) is 0 Å². The topological polar surface area (TPSA) is 56.0 Å². The lowest BCUT2D eigenvalue weighted by Crippen LogP contribution is -2.48. The molecule has 2 N–H and O–H groups in total. The molecule has 0 aliphatic carbocycles. The van der Waals surface area contributed by atoms with E-state index in [1.165, 1.54) is 0 Å². The van der Waals surface area contributed by atoms with Crippen molar-refractivity contribution >= 4 is 5.96 Å². The van der Waals surface area contributed by atoms with E-state index in [1.54, 1.807) is 6.26 Å². The largest absolute Gasteiger partial charge is 0.468 e. The number of hydrogen-bond donors (Lipinski definition) is 2. The minimum Gasteiger partial charge on any atom is -0.468 e. The van der Waals surface area contributed by atoms with Gasteiger partial charge in [0.2, 0.25) is 0 Å². The van der Waals surface area contributed by atoms with Crippen LogP contribution in [0.5, 0.6) is 0 Å². The summed E-state index contributed by atoms with van der Waals surface area (Å²) in [6.45, 7) is 9.77. The van der Waals surface area contributed by atoms with Crippen molar-refractivity contribution in [3.05, 3.63) is 24.2 Å². The summed E-state index contributed by atoms with van der Waals surface area (Å²) in [5.41, 5.74) is 0. The first kappa shape index (κ1) is 18.8. The Hall–Kier alpha value is -1.53. The second kappa shape index (κ2) is 8.53. The Kier molecular flexibility index (Phi) is 6.69. The molecule has 0 aromatic carbocycles. The average Bonchev–Trinajstić information content (AvgIpc) is 3.16. The van der Waals surface area contributed by atoms with Crippen molar-refractivity contribution in [2.24, 2.45) is 10.9 Å². The maximum absolute atomic E-state index is 5.57. The predicted octanol–water partition coefficient (Wildman–Crippen LogP) is 1.78. The van der Waals surface area contributed by atoms with Gasteiger partial charge in [-0.3, -0.25) is 14.8 Å². The molecule has 0 bridgehead atoms. The number of furan rings is 1. The molecule has 1 aromatic heterocycles. The zero-order valence-corrected chi connectivity index (χ0v) is 15.9. The highest BCUT2D eigenvalue weighted by Gasteiger charge is 2.31. The van der Waals surface area contributed by atoms with E-state index >= 15 is 0 Å². The van der Waals surface area contributed by atoms with Gasteiger partial charge in [-0.2, -0.15) is 0 Å². The molecule has 2 heterocycles. The first-order valence-corrected chi connectivity index (χ1v) is 8.83. The number of nitrogens with one attached hydrogen (secondary N) is 2. The fourth-order valence-electron chi connectivity index (χ4n) is 3.20. The SMILES string of the molecule is CN=C(NCC(c1ccco1)N(C)C)NC1CN(C(C)C)CC1C. The zero-order chi connectivity index (χ0) is 17.7. The minimum absolute atomic E-state index is 0.173. The molecule has 1 aromatic rings. The van der Waals surface area contributed by atoms with E-state index in [4.69, 9.17) is 4.42 Å². The molecule has 0 radical (unpaired) electrons. The van der Waals surface area contributed by atoms with E-state index in [0.29, 0.717) is 18.0 Å². The van der Waals surface area contributed by atoms with E-state index in [1.807, 2.05) is 19.2 Å². The second-order valence-corrected chi connectivity index (χ2v) is 7.22. The summed E-state index contributed by atoms with van der Waals surface area (Å²) in [6.07, 6.45) is 1.72. The monoisotopic (exact) mass is 335 g/mol. The number of likely N-dealkylation sites (tertiary alicyclic amines) is 1. The van der Waals surface area contributed by atoms with Crippen LogP contribution >= 0.6 is 0 Å². The molecule has 6 heteroatoms. The van der Waals surface area contributed by atoms with E-state index in [2.05, 4.69) is 60.3 Å².